The summed E-state index contributed by atoms with van der Waals surface area (Å²) in [5, 5.41) is 22.5. The van der Waals surface area contributed by atoms with Gasteiger partial charge in [-0.2, -0.15) is 0 Å². The Morgan fingerprint density at radius 2 is 0.850 bits per heavy atom. The summed E-state index contributed by atoms with van der Waals surface area (Å²) >= 11 is 0. The number of aromatic amines is 1. The third-order valence-corrected chi connectivity index (χ3v) is 7.53. The molecule has 4 aromatic carbocycles. The molecule has 0 aliphatic rings. The lowest BCUT2D eigenvalue weighted by Gasteiger charge is -2.26. The monoisotopic (exact) mass is 485 g/mol. The van der Waals surface area contributed by atoms with Gasteiger partial charge < -0.3 is 19.6 Å². The third-order valence-electron chi connectivity index (χ3n) is 7.53. The molecule has 0 fully saturated rings. The summed E-state index contributed by atoms with van der Waals surface area (Å²) in [5.41, 5.74) is 0.230. The van der Waals surface area contributed by atoms with Gasteiger partial charge in [0, 0.05) is 16.3 Å². The van der Waals surface area contributed by atoms with E-state index in [4.69, 9.17) is 98.6 Å². The Balaban J connectivity index is 1.86. The van der Waals surface area contributed by atoms with E-state index in [1.807, 2.05) is 0 Å². The van der Waals surface area contributed by atoms with E-state index in [0.717, 1.165) is 0 Å². The Hall–Kier alpha value is -3.14. The summed E-state index contributed by atoms with van der Waals surface area (Å²) in [6.45, 7) is 0. The molecule has 0 aliphatic heterocycles. The second-order valence-corrected chi connectivity index (χ2v) is 9.55. The summed E-state index contributed by atoms with van der Waals surface area (Å²) in [5.74, 6) is -0.795. The van der Waals surface area contributed by atoms with Crippen LogP contribution in [0.3, 0.4) is 0 Å². The Bertz CT molecular complexity index is 2140. The minimum atomic E-state index is -0.465. The van der Waals surface area contributed by atoms with Crippen LogP contribution in [0.4, 0.5) is 0 Å². The van der Waals surface area contributed by atoms with Crippen molar-refractivity contribution in [2.24, 2.45) is 0 Å². The zero-order chi connectivity index (χ0) is 29.3. The molecule has 16 heteroatoms. The van der Waals surface area contributed by atoms with E-state index in [9.17, 15) is 10.2 Å². The van der Waals surface area contributed by atoms with Crippen LogP contribution in [-0.2, 0) is 0 Å². The van der Waals surface area contributed by atoms with Crippen molar-refractivity contribution < 1.29 is 14.6 Å². The standard InChI is InChI=1S/C24H3B12NO3/c25-7-1(2-8(26)13(31)15(33)14(32)9(2)27)10(28)16(34)19-3(7)4-12(30)24-6(21(38)20(4)37-19)5-11(29)17(35)22(39)18(36)23(5)40-24/h37-39H. The number of benzene rings is 4. The fourth-order valence-corrected chi connectivity index (χ4v) is 5.39. The smallest absolute Gasteiger partial charge is 0.151 e. The summed E-state index contributed by atoms with van der Waals surface area (Å²) in [6, 6.07) is 0. The molecular formula is C24H3B12NO3. The van der Waals surface area contributed by atoms with Gasteiger partial charge in [-0.15, -0.1) is 16.4 Å². The van der Waals surface area contributed by atoms with Gasteiger partial charge in [-0.25, -0.2) is 0 Å². The Kier molecular flexibility index (Phi) is 5.87. The maximum Gasteiger partial charge on any atom is 0.151 e. The van der Waals surface area contributed by atoms with Crippen LogP contribution < -0.4 is 65.6 Å². The minimum Gasteiger partial charge on any atom is -0.509 e. The first-order valence-electron chi connectivity index (χ1n) is 11.6. The van der Waals surface area contributed by atoms with Crippen molar-refractivity contribution in [1.29, 1.82) is 0 Å². The van der Waals surface area contributed by atoms with Crippen LogP contribution in [0.2, 0.25) is 0 Å². The van der Waals surface area contributed by atoms with Crippen molar-refractivity contribution in [2.75, 3.05) is 0 Å². The number of fused-ring (bicyclic) bond motifs is 6. The summed E-state index contributed by atoms with van der Waals surface area (Å²) < 4.78 is 5.93. The van der Waals surface area contributed by atoms with Gasteiger partial charge in [-0.3, -0.25) is 0 Å². The summed E-state index contributed by atoms with van der Waals surface area (Å²) in [7, 11) is 75.1. The number of aromatic hydroxyl groups is 2. The van der Waals surface area contributed by atoms with Gasteiger partial charge in [0.25, 0.3) is 0 Å². The maximum atomic E-state index is 11.5. The van der Waals surface area contributed by atoms with E-state index in [1.54, 1.807) is 0 Å². The summed E-state index contributed by atoms with van der Waals surface area (Å²) in [6.07, 6.45) is 0. The van der Waals surface area contributed by atoms with Crippen LogP contribution in [0.15, 0.2) is 4.42 Å². The largest absolute Gasteiger partial charge is 0.509 e. The quantitative estimate of drug-likeness (QED) is 0.204. The van der Waals surface area contributed by atoms with E-state index < -0.39 is 5.75 Å². The molecule has 0 aliphatic carbocycles. The van der Waals surface area contributed by atoms with Crippen molar-refractivity contribution in [1.82, 2.24) is 4.98 Å². The molecule has 24 radical (unpaired) electrons. The van der Waals surface area contributed by atoms with Crippen molar-refractivity contribution in [2.45, 2.75) is 0 Å². The second-order valence-electron chi connectivity index (χ2n) is 9.55. The lowest BCUT2D eigenvalue weighted by atomic mass is 9.57. The number of rotatable bonds is 1. The Morgan fingerprint density at radius 1 is 0.375 bits per heavy atom. The zero-order valence-corrected chi connectivity index (χ0v) is 20.7. The number of phenolic OH excluding ortho intramolecular Hbond substituents is 2. The lowest BCUT2D eigenvalue weighted by Crippen LogP contribution is -2.56. The average Bonchev–Trinajstić information content (AvgIpc) is 3.53. The van der Waals surface area contributed by atoms with E-state index in [0.29, 0.717) is 0 Å². The molecule has 3 N–H and O–H groups in total. The third kappa shape index (κ3) is 3.14. The van der Waals surface area contributed by atoms with E-state index in [-0.39, 0.29) is 126 Å². The van der Waals surface area contributed by atoms with E-state index >= 15 is 0 Å². The molecule has 158 valence electrons. The molecule has 6 aromatic rings. The molecule has 0 bridgehead atoms. The number of hydrogen-bond acceptors (Lipinski definition) is 3. The van der Waals surface area contributed by atoms with Crippen LogP contribution >= 0.6 is 0 Å². The first-order valence-corrected chi connectivity index (χ1v) is 11.6. The van der Waals surface area contributed by atoms with Gasteiger partial charge in [0.2, 0.25) is 0 Å². The molecule has 6 rings (SSSR count). The predicted octanol–water partition coefficient (Wildman–Crippen LogP) is -8.18. The SMILES string of the molecule is [B]c1c([B])c([B])c(-c2c([B])c([B])c3[nH]c4c(O)c5c(oc6c([B])c(O)c([B])c([B])c65)c([B])c4c3c2[B])c([B])c1[B]. The molecule has 0 saturated heterocycles. The number of furan rings is 1. The van der Waals surface area contributed by atoms with Crippen LogP contribution in [0, 0.1) is 0 Å². The Labute approximate surface area is 245 Å². The zero-order valence-electron chi connectivity index (χ0n) is 20.7. The molecule has 2 heterocycles. The summed E-state index contributed by atoms with van der Waals surface area (Å²) in [4.78, 5) is 3.04. The molecule has 0 atom stereocenters. The van der Waals surface area contributed by atoms with Crippen LogP contribution in [-0.4, -0.2) is 109 Å². The molecule has 0 amide bonds. The first-order chi connectivity index (χ1) is 18.7. The lowest BCUT2D eigenvalue weighted by molar-refractivity contribution is 0.484. The fourth-order valence-electron chi connectivity index (χ4n) is 5.39. The first kappa shape index (κ1) is 27.0. The van der Waals surface area contributed by atoms with E-state index in [2.05, 4.69) is 4.98 Å². The number of phenols is 2. The highest BCUT2D eigenvalue weighted by atomic mass is 16.3. The van der Waals surface area contributed by atoms with Gasteiger partial charge >= 0.3 is 0 Å². The van der Waals surface area contributed by atoms with Gasteiger partial charge in [0.1, 0.15) is 111 Å². The molecule has 40 heavy (non-hydrogen) atoms. The van der Waals surface area contributed by atoms with Gasteiger partial charge in [-0.05, 0) is 27.4 Å². The predicted molar refractivity (Wildman–Crippen MR) is 177 cm³/mol. The minimum absolute atomic E-state index is 0.000600. The van der Waals surface area contributed by atoms with Crippen LogP contribution in [0.25, 0.3) is 54.9 Å². The molecule has 4 nitrogen and oxygen atoms in total. The number of hydrogen-bond donors (Lipinski definition) is 3. The normalized spacial score (nSPS) is 11.9. The number of H-pyrrole nitrogens is 1. The average molecular weight is 483 g/mol. The molecule has 2 aromatic heterocycles. The van der Waals surface area contributed by atoms with Crippen molar-refractivity contribution in [3.63, 3.8) is 0 Å². The van der Waals surface area contributed by atoms with Gasteiger partial charge in [-0.1, -0.05) is 38.2 Å². The van der Waals surface area contributed by atoms with E-state index in [1.165, 1.54) is 0 Å². The van der Waals surface area contributed by atoms with Crippen molar-refractivity contribution >= 4 is 203 Å². The van der Waals surface area contributed by atoms with Crippen molar-refractivity contribution in [3.05, 3.63) is 0 Å². The van der Waals surface area contributed by atoms with Crippen LogP contribution in [0.1, 0.15) is 0 Å². The highest BCUT2D eigenvalue weighted by molar-refractivity contribution is 6.71. The highest BCUT2D eigenvalue weighted by Crippen LogP contribution is 2.40. The van der Waals surface area contributed by atoms with Gasteiger partial charge in [0.15, 0.2) is 5.75 Å². The molecule has 0 saturated carbocycles. The number of nitrogens with one attached hydrogen (secondary N) is 1. The highest BCUT2D eigenvalue weighted by Gasteiger charge is 2.27. The molecule has 0 unspecified atom stereocenters. The van der Waals surface area contributed by atoms with Crippen molar-refractivity contribution in [3.8, 4) is 22.6 Å². The maximum absolute atomic E-state index is 11.5. The van der Waals surface area contributed by atoms with Crippen LogP contribution in [0.5, 0.6) is 11.5 Å². The second kappa shape index (κ2) is 8.68. The Morgan fingerprint density at radius 3 is 1.45 bits per heavy atom. The number of aromatic nitrogens is 1. The fraction of sp³-hybridized carbons (Fsp3) is 0. The molecular weight excluding hydrogens is 480 g/mol. The topological polar surface area (TPSA) is 69.4 Å². The molecule has 0 spiro atoms. The van der Waals surface area contributed by atoms with Gasteiger partial charge in [0.05, 0.1) is 10.9 Å².